The minimum atomic E-state index is -2.56. The van der Waals surface area contributed by atoms with E-state index in [1.807, 2.05) is 0 Å². The fourth-order valence-electron chi connectivity index (χ4n) is 14.3. The number of carbonyl (C=O) groups is 4. The van der Waals surface area contributed by atoms with Gasteiger partial charge in [-0.1, -0.05) is 0 Å². The molecule has 49 nitrogen and oxygen atoms in total. The maximum Gasteiger partial charge on any atom is 0.217 e. The molecular weight excluding hydrogens is 1520 g/mol. The van der Waals surface area contributed by atoms with Crippen LogP contribution in [0.3, 0.4) is 0 Å². The van der Waals surface area contributed by atoms with E-state index in [2.05, 4.69) is 21.3 Å². The lowest BCUT2D eigenvalue weighted by Gasteiger charge is -2.52. The molecule has 28 N–H and O–H groups in total. The van der Waals surface area contributed by atoms with Crippen molar-refractivity contribution in [2.24, 2.45) is 0 Å². The maximum atomic E-state index is 13.5. The fourth-order valence-corrected chi connectivity index (χ4v) is 14.3. The smallest absolute Gasteiger partial charge is 0.217 e. The average molecular weight is 1630 g/mol. The number of aliphatic hydroxyl groups excluding tert-OH is 24. The number of carbonyl (C=O) groups excluding carboxylic acids is 4. The summed E-state index contributed by atoms with van der Waals surface area (Å²) in [5.74, 6) is -3.74. The third kappa shape index (κ3) is 20.3. The van der Waals surface area contributed by atoms with E-state index in [0.29, 0.717) is 0 Å². The predicted octanol–water partition coefficient (Wildman–Crippen LogP) is -19.0. The number of rotatable bonds is 28. The second-order valence-corrected chi connectivity index (χ2v) is 28.2. The Hall–Kier alpha value is -3.76. The number of amides is 4. The molecule has 0 spiro atoms. The quantitative estimate of drug-likeness (QED) is 0.0346. The molecule has 0 saturated carbocycles. The number of nitrogens with one attached hydrogen (secondary N) is 4. The van der Waals surface area contributed by atoms with E-state index in [9.17, 15) is 142 Å². The summed E-state index contributed by atoms with van der Waals surface area (Å²) in [5, 5.41) is 274. The third-order valence-electron chi connectivity index (χ3n) is 20.3. The van der Waals surface area contributed by atoms with Crippen LogP contribution >= 0.6 is 0 Å². The summed E-state index contributed by atoms with van der Waals surface area (Å²) < 4.78 is 101. The first-order valence-electron chi connectivity index (χ1n) is 35.5. The van der Waals surface area contributed by atoms with E-state index in [1.165, 1.54) is 6.92 Å². The van der Waals surface area contributed by atoms with Crippen LogP contribution < -0.4 is 21.3 Å². The van der Waals surface area contributed by atoms with Crippen LogP contribution in [0.5, 0.6) is 0 Å². The molecule has 1 unspecified atom stereocenters. The molecule has 0 aliphatic carbocycles. The molecule has 45 atom stereocenters. The lowest BCUT2D eigenvalue weighted by Crippen LogP contribution is -2.71. The Balaban J connectivity index is 1.06. The van der Waals surface area contributed by atoms with E-state index < -0.39 is 353 Å². The zero-order valence-corrected chi connectivity index (χ0v) is 59.9. The van der Waals surface area contributed by atoms with Crippen LogP contribution in [0.1, 0.15) is 34.6 Å². The highest BCUT2D eigenvalue weighted by molar-refractivity contribution is 5.74. The van der Waals surface area contributed by atoms with Crippen LogP contribution in [-0.2, 0) is 99.7 Å². The molecule has 9 aliphatic rings. The van der Waals surface area contributed by atoms with Gasteiger partial charge in [-0.15, -0.1) is 0 Å². The second-order valence-electron chi connectivity index (χ2n) is 28.2. The van der Waals surface area contributed by atoms with Crippen molar-refractivity contribution in [3.63, 3.8) is 0 Å². The molecule has 9 saturated heterocycles. The largest absolute Gasteiger partial charge is 0.394 e. The molecule has 9 fully saturated rings. The standard InChI is InChI=1S/C62H104N4O45/c1-14-31(77)39(85)43(89)58(97-14)108-50-24(11-72)104-57(30(66-18(5)76)52(50)110-61-46(92)42(88)34(80)21(8-69)101-61)111-53-36(82)26(13-96-56-28(64-16(3)74)38(84)49(23(10-71)103-56)107-60-45(91)41(87)33(79)20(7-68)100-60)105-62(47(53)93)109-51-29(65-17(4)75)54(94)98-25(35(51)81)12-95-55-27(63-15(2)73)37(83)48(22(9-70)102-55)106-59-44(90)40(86)32(78)19(6-67)99-59/h14,19-62,67-72,77-94H,6-13H2,1-5H3,(H,63,73)(H,64,74)(H,65,75)(H,66,76)/t14-,19+,20+,21+,22+,23+,24+,25+,26+,27+,28+,29+,30+,31+,32-,33-,34-,35-,36-,37+,38+,39+,40-,41-,42-,43-,44+,45+,46+,47+,48+,49+,50+,51+,52+,53-,54?,55+,56+,57-,58-,59-,60-,61-,62-/m0/s1. The molecule has 111 heavy (non-hydrogen) atoms. The first kappa shape index (κ1) is 91.1. The first-order chi connectivity index (χ1) is 52.4. The van der Waals surface area contributed by atoms with Gasteiger partial charge in [-0.25, -0.2) is 0 Å². The van der Waals surface area contributed by atoms with Gasteiger partial charge in [-0.2, -0.15) is 0 Å². The van der Waals surface area contributed by atoms with Gasteiger partial charge in [0.05, 0.1) is 59.0 Å². The summed E-state index contributed by atoms with van der Waals surface area (Å²) in [6.45, 7) is -3.29. The highest BCUT2D eigenvalue weighted by Gasteiger charge is 2.61. The van der Waals surface area contributed by atoms with E-state index in [4.69, 9.17) is 80.5 Å². The first-order valence-corrected chi connectivity index (χ1v) is 35.5. The minimum absolute atomic E-state index is 0.861. The molecule has 49 heteroatoms. The lowest BCUT2D eigenvalue weighted by atomic mass is 9.93. The van der Waals surface area contributed by atoms with Gasteiger partial charge in [0.1, 0.15) is 213 Å². The Morgan fingerprint density at radius 2 is 0.541 bits per heavy atom. The molecule has 642 valence electrons. The van der Waals surface area contributed by atoms with Gasteiger partial charge in [0, 0.05) is 27.7 Å². The van der Waals surface area contributed by atoms with Gasteiger partial charge in [0.25, 0.3) is 0 Å². The topological polar surface area (TPSA) is 759 Å². The summed E-state index contributed by atoms with van der Waals surface area (Å²) in [6, 6.07) is -7.60. The van der Waals surface area contributed by atoms with Crippen LogP contribution in [0, 0.1) is 0 Å². The zero-order valence-electron chi connectivity index (χ0n) is 59.9. The number of ether oxygens (including phenoxy) is 17. The van der Waals surface area contributed by atoms with Crippen molar-refractivity contribution >= 4 is 23.6 Å². The van der Waals surface area contributed by atoms with Gasteiger partial charge < -0.3 is 224 Å². The van der Waals surface area contributed by atoms with E-state index in [0.717, 1.165) is 27.7 Å². The van der Waals surface area contributed by atoms with Crippen molar-refractivity contribution in [2.75, 3.05) is 52.9 Å². The molecular formula is C62H104N4O45. The summed E-state index contributed by atoms with van der Waals surface area (Å²) in [4.78, 5) is 52.2. The molecule has 9 heterocycles. The number of aliphatic hydroxyl groups is 24. The van der Waals surface area contributed by atoms with Gasteiger partial charge in [0.15, 0.2) is 56.6 Å². The number of hydrogen-bond donors (Lipinski definition) is 28. The van der Waals surface area contributed by atoms with Crippen molar-refractivity contribution in [3.8, 4) is 0 Å². The Labute approximate surface area is 629 Å². The van der Waals surface area contributed by atoms with Crippen molar-refractivity contribution in [1.82, 2.24) is 21.3 Å². The molecule has 0 aromatic carbocycles. The van der Waals surface area contributed by atoms with Gasteiger partial charge in [-0.3, -0.25) is 19.2 Å². The summed E-state index contributed by atoms with van der Waals surface area (Å²) >= 11 is 0. The zero-order chi connectivity index (χ0) is 81.8. The molecule has 0 bridgehead atoms. The molecule has 0 radical (unpaired) electrons. The van der Waals surface area contributed by atoms with E-state index >= 15 is 0 Å². The molecule has 4 amide bonds. The van der Waals surface area contributed by atoms with Crippen LogP contribution in [0.2, 0.25) is 0 Å². The molecule has 0 aromatic rings. The van der Waals surface area contributed by atoms with Crippen LogP contribution in [0.25, 0.3) is 0 Å². The lowest BCUT2D eigenvalue weighted by molar-refractivity contribution is -0.391. The highest BCUT2D eigenvalue weighted by Crippen LogP contribution is 2.40. The summed E-state index contributed by atoms with van der Waals surface area (Å²) in [7, 11) is 0. The Bertz CT molecular complexity index is 2950. The van der Waals surface area contributed by atoms with Crippen LogP contribution in [-0.4, -0.2) is 475 Å². The Morgan fingerprint density at radius 1 is 0.252 bits per heavy atom. The Kier molecular flexibility index (Phi) is 32.6. The van der Waals surface area contributed by atoms with Gasteiger partial charge >= 0.3 is 0 Å². The summed E-state index contributed by atoms with van der Waals surface area (Å²) in [5.41, 5.74) is 0. The van der Waals surface area contributed by atoms with Crippen LogP contribution in [0.15, 0.2) is 0 Å². The van der Waals surface area contributed by atoms with Crippen molar-refractivity contribution in [3.05, 3.63) is 0 Å². The molecule has 0 aromatic heterocycles. The molecule has 9 rings (SSSR count). The fraction of sp³-hybridized carbons (Fsp3) is 0.935. The average Bonchev–Trinajstić information content (AvgIpc) is 0.748. The molecule has 9 aliphatic heterocycles. The van der Waals surface area contributed by atoms with E-state index in [-0.39, 0.29) is 0 Å². The third-order valence-corrected chi connectivity index (χ3v) is 20.3. The SMILES string of the molecule is CC(=O)N[C@H]1[C@H](OC[C@H]2O[C@@H](O[C@H]3[C@@H](O)[C@@H](CO[C@@H]4O[C@H](CO)[C@@H](O[C@@H]5O[C@H](CO)[C@H](O)[C@H](O)[C@H]5O)[C@H](O)[C@H]4NC(C)=O)OC(O)[C@@H]3NC(C)=O)[C@H](O)[C@@H](O[C@@H]3O[C@H](CO)[C@@H](O[C@@H]4O[C@@H](C)[C@@H](O)[C@@H](O)[C@@H]4O)[C@H](O[C@@H]4O[C@H](CO)[C@H](O)[C@H](O)[C@H]4O)[C@H]3NC(C)=O)[C@H]2O)O[C@H](CO)[C@@H](O[C@@H]2O[C@H](CO)[C@H](O)[C@H](O)[C@H]2O)[C@@H]1O. The van der Waals surface area contributed by atoms with Crippen molar-refractivity contribution < 1.29 is 222 Å². The normalized spacial score (nSPS) is 49.3. The second kappa shape index (κ2) is 39.7. The predicted molar refractivity (Wildman–Crippen MR) is 342 cm³/mol. The number of hydrogen-bond acceptors (Lipinski definition) is 45. The minimum Gasteiger partial charge on any atom is -0.394 e. The van der Waals surface area contributed by atoms with Gasteiger partial charge in [-0.05, 0) is 6.92 Å². The summed E-state index contributed by atoms with van der Waals surface area (Å²) in [6.07, 6.45) is -82.6. The van der Waals surface area contributed by atoms with E-state index in [1.54, 1.807) is 0 Å². The van der Waals surface area contributed by atoms with Crippen molar-refractivity contribution in [2.45, 2.75) is 311 Å². The highest BCUT2D eigenvalue weighted by atomic mass is 16.8. The van der Waals surface area contributed by atoms with Crippen molar-refractivity contribution in [1.29, 1.82) is 0 Å². The maximum absolute atomic E-state index is 13.5. The monoisotopic (exact) mass is 1620 g/mol. The van der Waals surface area contributed by atoms with Gasteiger partial charge in [0.2, 0.25) is 23.6 Å². The van der Waals surface area contributed by atoms with Crippen LogP contribution in [0.4, 0.5) is 0 Å². The Morgan fingerprint density at radius 3 is 0.946 bits per heavy atom.